The molecule has 0 radical (unpaired) electrons. The molecule has 0 aliphatic carbocycles. The van der Waals surface area contributed by atoms with Crippen molar-refractivity contribution in [3.63, 3.8) is 0 Å². The van der Waals surface area contributed by atoms with Gasteiger partial charge in [-0.3, -0.25) is 4.90 Å². The standard InChI is InChI=1S/C14H24N4O2/c1-17-11-16-13-9-15-8-12(14(13)17)10-20-7-4-18-2-5-19-6-3-18/h11-12,15H,2-10H2,1H3/t12-/m1/s1. The molecule has 3 heterocycles. The second kappa shape index (κ2) is 6.67. The Morgan fingerprint density at radius 3 is 3.15 bits per heavy atom. The molecule has 3 rings (SSSR count). The van der Waals surface area contributed by atoms with E-state index in [1.54, 1.807) is 0 Å². The summed E-state index contributed by atoms with van der Waals surface area (Å²) in [5, 5.41) is 3.41. The molecule has 0 saturated carbocycles. The van der Waals surface area contributed by atoms with Crippen LogP contribution in [0.15, 0.2) is 6.33 Å². The summed E-state index contributed by atoms with van der Waals surface area (Å²) in [6.45, 7) is 8.18. The number of imidazole rings is 1. The Balaban J connectivity index is 1.44. The molecular formula is C14H24N4O2. The number of hydrogen-bond acceptors (Lipinski definition) is 5. The average Bonchev–Trinajstić information content (AvgIpc) is 2.87. The second-order valence-corrected chi connectivity index (χ2v) is 5.54. The molecular weight excluding hydrogens is 256 g/mol. The first kappa shape index (κ1) is 14.0. The highest BCUT2D eigenvalue weighted by atomic mass is 16.5. The number of fused-ring (bicyclic) bond motifs is 1. The molecule has 1 atom stereocenters. The lowest BCUT2D eigenvalue weighted by Gasteiger charge is -2.27. The molecule has 0 spiro atoms. The SMILES string of the molecule is Cn1cnc2c1[C@@H](COCCN1CCOCC1)CNC2. The van der Waals surface area contributed by atoms with Gasteiger partial charge in [0.2, 0.25) is 0 Å². The Morgan fingerprint density at radius 1 is 1.45 bits per heavy atom. The Bertz CT molecular complexity index is 429. The minimum Gasteiger partial charge on any atom is -0.379 e. The fourth-order valence-electron chi connectivity index (χ4n) is 2.99. The van der Waals surface area contributed by atoms with Gasteiger partial charge < -0.3 is 19.4 Å². The lowest BCUT2D eigenvalue weighted by atomic mass is 10.0. The molecule has 1 aromatic heterocycles. The number of rotatable bonds is 5. The lowest BCUT2D eigenvalue weighted by Crippen LogP contribution is -2.38. The minimum atomic E-state index is 0.413. The van der Waals surface area contributed by atoms with E-state index in [9.17, 15) is 0 Å². The number of ether oxygens (including phenoxy) is 2. The van der Waals surface area contributed by atoms with Crippen LogP contribution in [-0.2, 0) is 23.1 Å². The molecule has 0 aromatic carbocycles. The minimum absolute atomic E-state index is 0.413. The van der Waals surface area contributed by atoms with Gasteiger partial charge in [-0.25, -0.2) is 4.98 Å². The molecule has 2 aliphatic heterocycles. The van der Waals surface area contributed by atoms with Crippen LogP contribution in [0.4, 0.5) is 0 Å². The molecule has 0 amide bonds. The summed E-state index contributed by atoms with van der Waals surface area (Å²) in [6.07, 6.45) is 1.90. The Kier molecular flexibility index (Phi) is 4.67. The van der Waals surface area contributed by atoms with Crippen LogP contribution in [0.2, 0.25) is 0 Å². The maximum Gasteiger partial charge on any atom is 0.0949 e. The van der Waals surface area contributed by atoms with Gasteiger partial charge in [-0.1, -0.05) is 0 Å². The summed E-state index contributed by atoms with van der Waals surface area (Å²) in [5.41, 5.74) is 2.50. The van der Waals surface area contributed by atoms with Crippen molar-refractivity contribution in [3.8, 4) is 0 Å². The van der Waals surface area contributed by atoms with Gasteiger partial charge in [-0.15, -0.1) is 0 Å². The topological polar surface area (TPSA) is 51.5 Å². The third-order valence-electron chi connectivity index (χ3n) is 4.11. The summed E-state index contributed by atoms with van der Waals surface area (Å²) in [7, 11) is 2.07. The van der Waals surface area contributed by atoms with Crippen molar-refractivity contribution in [1.29, 1.82) is 0 Å². The normalized spacial score (nSPS) is 23.8. The van der Waals surface area contributed by atoms with Gasteiger partial charge in [0, 0.05) is 51.4 Å². The average molecular weight is 280 g/mol. The van der Waals surface area contributed by atoms with Gasteiger partial charge in [0.05, 0.1) is 38.4 Å². The molecule has 112 valence electrons. The molecule has 0 unspecified atom stereocenters. The number of morpholine rings is 1. The van der Waals surface area contributed by atoms with Crippen molar-refractivity contribution in [2.24, 2.45) is 7.05 Å². The summed E-state index contributed by atoms with van der Waals surface area (Å²) in [5.74, 6) is 0.413. The van der Waals surface area contributed by atoms with Crippen LogP contribution in [0, 0.1) is 0 Å². The van der Waals surface area contributed by atoms with Crippen LogP contribution >= 0.6 is 0 Å². The Labute approximate surface area is 120 Å². The van der Waals surface area contributed by atoms with Crippen LogP contribution in [0.3, 0.4) is 0 Å². The fraction of sp³-hybridized carbons (Fsp3) is 0.786. The third-order valence-corrected chi connectivity index (χ3v) is 4.11. The zero-order valence-electron chi connectivity index (χ0n) is 12.2. The summed E-state index contributed by atoms with van der Waals surface area (Å²) >= 11 is 0. The third kappa shape index (κ3) is 3.20. The highest BCUT2D eigenvalue weighted by Crippen LogP contribution is 2.22. The van der Waals surface area contributed by atoms with Gasteiger partial charge in [-0.05, 0) is 0 Å². The number of hydrogen-bond donors (Lipinski definition) is 1. The largest absolute Gasteiger partial charge is 0.379 e. The molecule has 0 bridgehead atoms. The molecule has 20 heavy (non-hydrogen) atoms. The fourth-order valence-corrected chi connectivity index (χ4v) is 2.99. The predicted molar refractivity (Wildman–Crippen MR) is 75.7 cm³/mol. The van der Waals surface area contributed by atoms with E-state index in [2.05, 4.69) is 26.8 Å². The molecule has 6 nitrogen and oxygen atoms in total. The first-order valence-electron chi connectivity index (χ1n) is 7.43. The van der Waals surface area contributed by atoms with E-state index >= 15 is 0 Å². The van der Waals surface area contributed by atoms with Crippen molar-refractivity contribution >= 4 is 0 Å². The van der Waals surface area contributed by atoms with Crippen LogP contribution in [0.1, 0.15) is 17.3 Å². The number of aromatic nitrogens is 2. The van der Waals surface area contributed by atoms with Crippen molar-refractivity contribution < 1.29 is 9.47 Å². The smallest absolute Gasteiger partial charge is 0.0949 e. The summed E-state index contributed by atoms with van der Waals surface area (Å²) < 4.78 is 13.4. The Morgan fingerprint density at radius 2 is 2.30 bits per heavy atom. The second-order valence-electron chi connectivity index (χ2n) is 5.54. The van der Waals surface area contributed by atoms with Gasteiger partial charge in [0.25, 0.3) is 0 Å². The molecule has 6 heteroatoms. The highest BCUT2D eigenvalue weighted by Gasteiger charge is 2.24. The molecule has 1 aromatic rings. The van der Waals surface area contributed by atoms with Crippen molar-refractivity contribution in [2.45, 2.75) is 12.5 Å². The summed E-state index contributed by atoms with van der Waals surface area (Å²) in [6, 6.07) is 0. The van der Waals surface area contributed by atoms with E-state index in [0.29, 0.717) is 5.92 Å². The molecule has 1 saturated heterocycles. The van der Waals surface area contributed by atoms with Crippen LogP contribution in [0.5, 0.6) is 0 Å². The van der Waals surface area contributed by atoms with Gasteiger partial charge in [0.15, 0.2) is 0 Å². The zero-order chi connectivity index (χ0) is 13.8. The van der Waals surface area contributed by atoms with Crippen LogP contribution in [0.25, 0.3) is 0 Å². The van der Waals surface area contributed by atoms with E-state index in [1.165, 1.54) is 11.4 Å². The maximum absolute atomic E-state index is 5.89. The van der Waals surface area contributed by atoms with E-state index in [4.69, 9.17) is 9.47 Å². The number of nitrogens with zero attached hydrogens (tertiary/aromatic N) is 3. The predicted octanol–water partition coefficient (Wildman–Crippen LogP) is -0.0443. The van der Waals surface area contributed by atoms with Crippen LogP contribution < -0.4 is 5.32 Å². The van der Waals surface area contributed by atoms with Crippen molar-refractivity contribution in [3.05, 3.63) is 17.7 Å². The zero-order valence-corrected chi connectivity index (χ0v) is 12.2. The first-order chi connectivity index (χ1) is 9.84. The molecule has 1 N–H and O–H groups in total. The van der Waals surface area contributed by atoms with Crippen molar-refractivity contribution in [2.75, 3.05) is 52.6 Å². The van der Waals surface area contributed by atoms with Crippen molar-refractivity contribution in [1.82, 2.24) is 19.8 Å². The highest BCUT2D eigenvalue weighted by molar-refractivity contribution is 5.21. The molecule has 2 aliphatic rings. The summed E-state index contributed by atoms with van der Waals surface area (Å²) in [4.78, 5) is 6.83. The van der Waals surface area contributed by atoms with E-state index in [0.717, 1.165) is 59.2 Å². The van der Waals surface area contributed by atoms with E-state index in [1.807, 2.05) is 6.33 Å². The van der Waals surface area contributed by atoms with E-state index < -0.39 is 0 Å². The first-order valence-corrected chi connectivity index (χ1v) is 7.43. The van der Waals surface area contributed by atoms with Crippen LogP contribution in [-0.4, -0.2) is 67.1 Å². The van der Waals surface area contributed by atoms with Gasteiger partial charge in [0.1, 0.15) is 0 Å². The number of nitrogens with one attached hydrogen (secondary N) is 1. The van der Waals surface area contributed by atoms with Gasteiger partial charge in [-0.2, -0.15) is 0 Å². The lowest BCUT2D eigenvalue weighted by molar-refractivity contribution is 0.0183. The Hall–Kier alpha value is -0.950. The van der Waals surface area contributed by atoms with Gasteiger partial charge >= 0.3 is 0 Å². The quantitative estimate of drug-likeness (QED) is 0.767. The maximum atomic E-state index is 5.89. The monoisotopic (exact) mass is 280 g/mol. The molecule has 1 fully saturated rings. The van der Waals surface area contributed by atoms with E-state index in [-0.39, 0.29) is 0 Å². The number of aryl methyl sites for hydroxylation is 1.